The van der Waals surface area contributed by atoms with Crippen LogP contribution in [0.1, 0.15) is 25.3 Å². The zero-order chi connectivity index (χ0) is 14.4. The average molecular weight is 380 g/mol. The molecule has 0 radical (unpaired) electrons. The Bertz CT molecular complexity index is 661. The van der Waals surface area contributed by atoms with Gasteiger partial charge in [0.25, 0.3) is 0 Å². The number of aromatic nitrogens is 2. The summed E-state index contributed by atoms with van der Waals surface area (Å²) in [5, 5.41) is 21.0. The second kappa shape index (κ2) is 5.46. The van der Waals surface area contributed by atoms with Gasteiger partial charge in [0.1, 0.15) is 6.10 Å². The zero-order valence-corrected chi connectivity index (χ0v) is 13.5. The Morgan fingerprint density at radius 3 is 2.65 bits per heavy atom. The van der Waals surface area contributed by atoms with Crippen LogP contribution in [-0.2, 0) is 0 Å². The van der Waals surface area contributed by atoms with E-state index in [4.69, 9.17) is 23.2 Å². The Labute approximate surface area is 134 Å². The molecule has 0 unspecified atom stereocenters. The molecule has 20 heavy (non-hydrogen) atoms. The molecule has 2 aromatic rings. The molecule has 7 heteroatoms. The lowest BCUT2D eigenvalue weighted by molar-refractivity contribution is -0.0391. The SMILES string of the molecule is O[C@@H]1[C@H](O)CCC[C@H]1n1c(Br)nc2cc(Cl)c(Cl)cc21. The first-order valence-electron chi connectivity index (χ1n) is 6.37. The number of aliphatic hydroxyl groups is 2. The maximum Gasteiger partial charge on any atom is 0.178 e. The van der Waals surface area contributed by atoms with Crippen molar-refractivity contribution in [3.05, 3.63) is 26.9 Å². The molecule has 1 aliphatic rings. The van der Waals surface area contributed by atoms with E-state index in [0.717, 1.165) is 18.4 Å². The van der Waals surface area contributed by atoms with Crippen molar-refractivity contribution in [2.45, 2.75) is 37.5 Å². The Balaban J connectivity index is 2.15. The molecule has 1 fully saturated rings. The summed E-state index contributed by atoms with van der Waals surface area (Å²) in [7, 11) is 0. The first-order valence-corrected chi connectivity index (χ1v) is 7.92. The molecule has 0 saturated heterocycles. The lowest BCUT2D eigenvalue weighted by Crippen LogP contribution is -2.38. The molecule has 0 aliphatic heterocycles. The van der Waals surface area contributed by atoms with Crippen molar-refractivity contribution < 1.29 is 10.2 Å². The highest BCUT2D eigenvalue weighted by Crippen LogP contribution is 2.37. The molecule has 0 amide bonds. The minimum Gasteiger partial charge on any atom is -0.390 e. The Kier molecular flexibility index (Phi) is 3.99. The summed E-state index contributed by atoms with van der Waals surface area (Å²) >= 11 is 15.5. The van der Waals surface area contributed by atoms with Crippen LogP contribution < -0.4 is 0 Å². The largest absolute Gasteiger partial charge is 0.390 e. The van der Waals surface area contributed by atoms with E-state index in [1.165, 1.54) is 0 Å². The Morgan fingerprint density at radius 2 is 1.90 bits per heavy atom. The summed E-state index contributed by atoms with van der Waals surface area (Å²) in [5.74, 6) is 0. The fourth-order valence-corrected chi connectivity index (χ4v) is 3.75. The molecule has 1 heterocycles. The summed E-state index contributed by atoms with van der Waals surface area (Å²) in [4.78, 5) is 4.39. The van der Waals surface area contributed by atoms with Crippen LogP contribution in [0.3, 0.4) is 0 Å². The summed E-state index contributed by atoms with van der Waals surface area (Å²) in [6.07, 6.45) is 0.737. The Hall–Kier alpha value is -0.330. The molecule has 4 nitrogen and oxygen atoms in total. The minimum absolute atomic E-state index is 0.227. The molecule has 1 aliphatic carbocycles. The number of imidazole rings is 1. The van der Waals surface area contributed by atoms with Gasteiger partial charge in [-0.25, -0.2) is 4.98 Å². The number of fused-ring (bicyclic) bond motifs is 1. The minimum atomic E-state index is -0.813. The number of hydrogen-bond donors (Lipinski definition) is 2. The van der Waals surface area contributed by atoms with Crippen LogP contribution in [0.2, 0.25) is 10.0 Å². The maximum atomic E-state index is 10.2. The number of nitrogens with zero attached hydrogens (tertiary/aromatic N) is 2. The zero-order valence-electron chi connectivity index (χ0n) is 10.4. The number of halogens is 3. The molecule has 0 bridgehead atoms. The summed E-state index contributed by atoms with van der Waals surface area (Å²) in [6.45, 7) is 0. The van der Waals surface area contributed by atoms with E-state index in [1.54, 1.807) is 12.1 Å². The van der Waals surface area contributed by atoms with Crippen LogP contribution in [0, 0.1) is 0 Å². The average Bonchev–Trinajstić information content (AvgIpc) is 2.69. The first kappa shape index (κ1) is 14.6. The highest BCUT2D eigenvalue weighted by atomic mass is 79.9. The molecule has 1 aromatic carbocycles. The van der Waals surface area contributed by atoms with Gasteiger partial charge in [0, 0.05) is 0 Å². The predicted molar refractivity (Wildman–Crippen MR) is 82.4 cm³/mol. The third kappa shape index (κ3) is 2.35. The third-order valence-electron chi connectivity index (χ3n) is 3.81. The highest BCUT2D eigenvalue weighted by Gasteiger charge is 2.33. The van der Waals surface area contributed by atoms with E-state index >= 15 is 0 Å². The fraction of sp³-hybridized carbons (Fsp3) is 0.462. The van der Waals surface area contributed by atoms with Crippen LogP contribution in [0.15, 0.2) is 16.9 Å². The van der Waals surface area contributed by atoms with Gasteiger partial charge in [0.05, 0.1) is 33.2 Å². The summed E-state index contributed by atoms with van der Waals surface area (Å²) < 4.78 is 2.48. The topological polar surface area (TPSA) is 58.3 Å². The van der Waals surface area contributed by atoms with Gasteiger partial charge in [-0.1, -0.05) is 23.2 Å². The molecule has 108 valence electrons. The van der Waals surface area contributed by atoms with Gasteiger partial charge in [-0.05, 0) is 47.3 Å². The standard InChI is InChI=1S/C13H13BrCl2N2O2/c14-13-17-8-4-6(15)7(16)5-10(8)18(13)9-2-1-3-11(19)12(9)20/h4-5,9,11-12,19-20H,1-3H2/t9-,11-,12+/m1/s1. The quantitative estimate of drug-likeness (QED) is 0.796. The molecule has 1 saturated carbocycles. The van der Waals surface area contributed by atoms with Gasteiger partial charge in [-0.15, -0.1) is 0 Å². The number of hydrogen-bond acceptors (Lipinski definition) is 3. The molecule has 3 atom stereocenters. The Morgan fingerprint density at radius 1 is 1.20 bits per heavy atom. The van der Waals surface area contributed by atoms with Gasteiger partial charge in [-0.2, -0.15) is 0 Å². The highest BCUT2D eigenvalue weighted by molar-refractivity contribution is 9.10. The van der Waals surface area contributed by atoms with E-state index in [-0.39, 0.29) is 6.04 Å². The summed E-state index contributed by atoms with van der Waals surface area (Å²) in [6, 6.07) is 3.21. The monoisotopic (exact) mass is 378 g/mol. The third-order valence-corrected chi connectivity index (χ3v) is 5.09. The van der Waals surface area contributed by atoms with E-state index < -0.39 is 12.2 Å². The smallest absolute Gasteiger partial charge is 0.178 e. The van der Waals surface area contributed by atoms with Crippen molar-refractivity contribution >= 4 is 50.2 Å². The van der Waals surface area contributed by atoms with E-state index in [2.05, 4.69) is 20.9 Å². The normalized spacial score (nSPS) is 27.1. The summed E-state index contributed by atoms with van der Waals surface area (Å²) in [5.41, 5.74) is 1.50. The van der Waals surface area contributed by atoms with Crippen LogP contribution in [0.25, 0.3) is 11.0 Å². The van der Waals surface area contributed by atoms with Gasteiger partial charge in [-0.3, -0.25) is 0 Å². The molecule has 1 aromatic heterocycles. The molecule has 2 N–H and O–H groups in total. The van der Waals surface area contributed by atoms with E-state index in [0.29, 0.717) is 26.7 Å². The van der Waals surface area contributed by atoms with Crippen molar-refractivity contribution in [2.75, 3.05) is 0 Å². The molecular formula is C13H13BrCl2N2O2. The number of aliphatic hydroxyl groups excluding tert-OH is 2. The predicted octanol–water partition coefficient (Wildman–Crippen LogP) is 3.55. The van der Waals surface area contributed by atoms with E-state index in [1.807, 2.05) is 4.57 Å². The lowest BCUT2D eigenvalue weighted by Gasteiger charge is -2.33. The number of benzene rings is 1. The van der Waals surface area contributed by atoms with Crippen molar-refractivity contribution in [3.8, 4) is 0 Å². The maximum absolute atomic E-state index is 10.2. The van der Waals surface area contributed by atoms with Gasteiger partial charge in [0.15, 0.2) is 4.73 Å². The second-order valence-corrected chi connectivity index (χ2v) is 6.59. The van der Waals surface area contributed by atoms with E-state index in [9.17, 15) is 10.2 Å². The van der Waals surface area contributed by atoms with Crippen LogP contribution in [0.4, 0.5) is 0 Å². The van der Waals surface area contributed by atoms with Crippen molar-refractivity contribution in [3.63, 3.8) is 0 Å². The van der Waals surface area contributed by atoms with Crippen LogP contribution in [-0.4, -0.2) is 32.0 Å². The van der Waals surface area contributed by atoms with Crippen LogP contribution >= 0.6 is 39.1 Å². The fourth-order valence-electron chi connectivity index (χ4n) is 2.79. The van der Waals surface area contributed by atoms with Crippen LogP contribution in [0.5, 0.6) is 0 Å². The molecule has 3 rings (SSSR count). The number of rotatable bonds is 1. The lowest BCUT2D eigenvalue weighted by atomic mass is 9.90. The van der Waals surface area contributed by atoms with Gasteiger partial charge in [0.2, 0.25) is 0 Å². The second-order valence-electron chi connectivity index (χ2n) is 5.06. The van der Waals surface area contributed by atoms with Gasteiger partial charge < -0.3 is 14.8 Å². The molecular weight excluding hydrogens is 367 g/mol. The first-order chi connectivity index (χ1) is 9.49. The van der Waals surface area contributed by atoms with Crippen molar-refractivity contribution in [1.29, 1.82) is 0 Å². The van der Waals surface area contributed by atoms with Crippen molar-refractivity contribution in [1.82, 2.24) is 9.55 Å². The van der Waals surface area contributed by atoms with Crippen molar-refractivity contribution in [2.24, 2.45) is 0 Å². The molecule has 0 spiro atoms. The van der Waals surface area contributed by atoms with Gasteiger partial charge >= 0.3 is 0 Å².